The lowest BCUT2D eigenvalue weighted by Gasteiger charge is -2.32. The van der Waals surface area contributed by atoms with Gasteiger partial charge in [-0.05, 0) is 37.7 Å². The van der Waals surface area contributed by atoms with E-state index in [1.54, 1.807) is 0 Å². The van der Waals surface area contributed by atoms with Gasteiger partial charge in [-0.1, -0.05) is 30.3 Å². The van der Waals surface area contributed by atoms with E-state index in [-0.39, 0.29) is 5.91 Å². The zero-order valence-electron chi connectivity index (χ0n) is 14.0. The van der Waals surface area contributed by atoms with Gasteiger partial charge in [-0.25, -0.2) is 0 Å². The molecule has 1 amide bonds. The second kappa shape index (κ2) is 7.45. The fraction of sp³-hybridized carbons (Fsp3) is 0.632. The predicted octanol–water partition coefficient (Wildman–Crippen LogP) is 2.27. The van der Waals surface area contributed by atoms with E-state index >= 15 is 0 Å². The molecule has 4 nitrogen and oxygen atoms in total. The lowest BCUT2D eigenvalue weighted by molar-refractivity contribution is -0.129. The predicted molar refractivity (Wildman–Crippen MR) is 90.9 cm³/mol. The molecule has 1 saturated carbocycles. The summed E-state index contributed by atoms with van der Waals surface area (Å²) in [6.07, 6.45) is 3.69. The summed E-state index contributed by atoms with van der Waals surface area (Å²) in [5.41, 5.74) is 1.28. The van der Waals surface area contributed by atoms with Crippen LogP contribution in [0.3, 0.4) is 0 Å². The Balaban J connectivity index is 1.59. The van der Waals surface area contributed by atoms with Crippen molar-refractivity contribution in [2.75, 3.05) is 19.6 Å². The van der Waals surface area contributed by atoms with Gasteiger partial charge in [-0.2, -0.15) is 0 Å². The second-order valence-electron chi connectivity index (χ2n) is 7.09. The fourth-order valence-corrected chi connectivity index (χ4v) is 3.55. The van der Waals surface area contributed by atoms with Crippen molar-refractivity contribution in [3.05, 3.63) is 35.9 Å². The zero-order chi connectivity index (χ0) is 16.2. The van der Waals surface area contributed by atoms with Gasteiger partial charge in [0.2, 0.25) is 5.91 Å². The largest absolute Gasteiger partial charge is 0.390 e. The molecule has 0 bridgehead atoms. The van der Waals surface area contributed by atoms with E-state index in [9.17, 15) is 9.90 Å². The highest BCUT2D eigenvalue weighted by atomic mass is 16.3. The molecule has 1 aromatic carbocycles. The smallest absolute Gasteiger partial charge is 0.222 e. The van der Waals surface area contributed by atoms with E-state index in [1.807, 2.05) is 11.0 Å². The first kappa shape index (κ1) is 16.5. The van der Waals surface area contributed by atoms with E-state index in [0.717, 1.165) is 25.4 Å². The molecule has 1 heterocycles. The molecule has 1 N–H and O–H groups in total. The van der Waals surface area contributed by atoms with E-state index < -0.39 is 6.10 Å². The highest BCUT2D eigenvalue weighted by Crippen LogP contribution is 2.35. The summed E-state index contributed by atoms with van der Waals surface area (Å²) in [5.74, 6) is 0.952. The first-order valence-corrected chi connectivity index (χ1v) is 8.87. The molecule has 1 saturated heterocycles. The van der Waals surface area contributed by atoms with Gasteiger partial charge in [-0.15, -0.1) is 0 Å². The Labute approximate surface area is 139 Å². The maximum Gasteiger partial charge on any atom is 0.222 e. The molecule has 1 aliphatic heterocycles. The van der Waals surface area contributed by atoms with Crippen molar-refractivity contribution in [2.45, 2.75) is 51.3 Å². The Morgan fingerprint density at radius 3 is 2.65 bits per heavy atom. The van der Waals surface area contributed by atoms with Crippen LogP contribution in [0.1, 0.15) is 38.2 Å². The van der Waals surface area contributed by atoms with E-state index in [2.05, 4.69) is 36.1 Å². The maximum atomic E-state index is 11.7. The SMILES string of the molecule is CC(C1CC1)N(Cc1ccccc1)CC(O)CN1CCCC1=O. The molecular formula is C19H28N2O2. The second-order valence-corrected chi connectivity index (χ2v) is 7.09. The van der Waals surface area contributed by atoms with Crippen LogP contribution in [0.2, 0.25) is 0 Å². The van der Waals surface area contributed by atoms with Crippen LogP contribution >= 0.6 is 0 Å². The van der Waals surface area contributed by atoms with Crippen molar-refractivity contribution in [1.29, 1.82) is 0 Å². The van der Waals surface area contributed by atoms with Gasteiger partial charge in [-0.3, -0.25) is 9.69 Å². The van der Waals surface area contributed by atoms with Crippen molar-refractivity contribution in [2.24, 2.45) is 5.92 Å². The summed E-state index contributed by atoms with van der Waals surface area (Å²) in [4.78, 5) is 15.9. The van der Waals surface area contributed by atoms with Gasteiger partial charge in [0.05, 0.1) is 6.10 Å². The van der Waals surface area contributed by atoms with E-state index in [0.29, 0.717) is 25.6 Å². The molecule has 3 rings (SSSR count). The number of benzene rings is 1. The summed E-state index contributed by atoms with van der Waals surface area (Å²) < 4.78 is 0. The zero-order valence-corrected chi connectivity index (χ0v) is 14.0. The molecule has 0 aromatic heterocycles. The van der Waals surface area contributed by atoms with Crippen LogP contribution in [0.5, 0.6) is 0 Å². The Hall–Kier alpha value is -1.39. The lowest BCUT2D eigenvalue weighted by Crippen LogP contribution is -2.44. The van der Waals surface area contributed by atoms with Crippen LogP contribution in [-0.4, -0.2) is 52.6 Å². The van der Waals surface area contributed by atoms with Crippen molar-refractivity contribution >= 4 is 5.91 Å². The van der Waals surface area contributed by atoms with Crippen molar-refractivity contribution in [3.8, 4) is 0 Å². The number of carbonyl (C=O) groups excluding carboxylic acids is 1. The van der Waals surface area contributed by atoms with Crippen LogP contribution in [0, 0.1) is 5.92 Å². The molecule has 0 spiro atoms. The quantitative estimate of drug-likeness (QED) is 0.800. The number of amides is 1. The van der Waals surface area contributed by atoms with Crippen LogP contribution in [-0.2, 0) is 11.3 Å². The minimum Gasteiger partial charge on any atom is -0.390 e. The van der Waals surface area contributed by atoms with Gasteiger partial charge >= 0.3 is 0 Å². The average molecular weight is 316 g/mol. The van der Waals surface area contributed by atoms with E-state index in [1.165, 1.54) is 18.4 Å². The van der Waals surface area contributed by atoms with Crippen LogP contribution in [0.4, 0.5) is 0 Å². The van der Waals surface area contributed by atoms with Crippen LogP contribution in [0.25, 0.3) is 0 Å². The summed E-state index contributed by atoms with van der Waals surface area (Å²) >= 11 is 0. The molecular weight excluding hydrogens is 288 g/mol. The molecule has 2 aliphatic rings. The van der Waals surface area contributed by atoms with Gasteiger partial charge in [0, 0.05) is 38.6 Å². The molecule has 2 fully saturated rings. The number of aliphatic hydroxyl groups excluding tert-OH is 1. The molecule has 1 aromatic rings. The number of rotatable bonds is 8. The Morgan fingerprint density at radius 1 is 1.30 bits per heavy atom. The normalized spacial score (nSPS) is 21.0. The standard InChI is InChI=1S/C19H28N2O2/c1-15(17-9-10-17)21(12-16-6-3-2-4-7-16)14-18(22)13-20-11-5-8-19(20)23/h2-4,6-7,15,17-18,22H,5,8-14H2,1H3. The first-order chi connectivity index (χ1) is 11.1. The van der Waals surface area contributed by atoms with Crippen LogP contribution < -0.4 is 0 Å². The highest BCUT2D eigenvalue weighted by Gasteiger charge is 2.33. The molecule has 2 unspecified atom stereocenters. The number of hydrogen-bond acceptors (Lipinski definition) is 3. The molecule has 2 atom stereocenters. The third-order valence-corrected chi connectivity index (χ3v) is 5.16. The molecule has 0 radical (unpaired) electrons. The van der Waals surface area contributed by atoms with Gasteiger partial charge in [0.1, 0.15) is 0 Å². The number of nitrogens with zero attached hydrogens (tertiary/aromatic N) is 2. The topological polar surface area (TPSA) is 43.8 Å². The Bertz CT molecular complexity index is 515. The molecule has 23 heavy (non-hydrogen) atoms. The number of aliphatic hydroxyl groups is 1. The third-order valence-electron chi connectivity index (χ3n) is 5.16. The van der Waals surface area contributed by atoms with Crippen molar-refractivity contribution in [1.82, 2.24) is 9.80 Å². The van der Waals surface area contributed by atoms with Crippen molar-refractivity contribution < 1.29 is 9.90 Å². The average Bonchev–Trinajstić information content (AvgIpc) is 3.32. The monoisotopic (exact) mass is 316 g/mol. The van der Waals surface area contributed by atoms with Gasteiger partial charge in [0.25, 0.3) is 0 Å². The van der Waals surface area contributed by atoms with E-state index in [4.69, 9.17) is 0 Å². The molecule has 1 aliphatic carbocycles. The lowest BCUT2D eigenvalue weighted by atomic mass is 10.1. The van der Waals surface area contributed by atoms with Crippen molar-refractivity contribution in [3.63, 3.8) is 0 Å². The van der Waals surface area contributed by atoms with Gasteiger partial charge < -0.3 is 10.0 Å². The maximum absolute atomic E-state index is 11.7. The highest BCUT2D eigenvalue weighted by molar-refractivity contribution is 5.78. The minimum atomic E-state index is -0.470. The van der Waals surface area contributed by atoms with Crippen LogP contribution in [0.15, 0.2) is 30.3 Å². The summed E-state index contributed by atoms with van der Waals surface area (Å²) in [6, 6.07) is 10.9. The molecule has 4 heteroatoms. The number of hydrogen-bond donors (Lipinski definition) is 1. The Kier molecular flexibility index (Phi) is 5.34. The molecule has 126 valence electrons. The summed E-state index contributed by atoms with van der Waals surface area (Å²) in [5, 5.41) is 10.5. The number of carbonyl (C=O) groups is 1. The summed E-state index contributed by atoms with van der Waals surface area (Å²) in [7, 11) is 0. The first-order valence-electron chi connectivity index (χ1n) is 8.87. The van der Waals surface area contributed by atoms with Gasteiger partial charge in [0.15, 0.2) is 0 Å². The number of β-amino-alcohol motifs (C(OH)–C–C–N with tert-alkyl or cyclic N) is 1. The summed E-state index contributed by atoms with van der Waals surface area (Å²) in [6.45, 7) is 5.04. The minimum absolute atomic E-state index is 0.189. The third kappa shape index (κ3) is 4.55. The fourth-order valence-electron chi connectivity index (χ4n) is 3.55. The number of likely N-dealkylation sites (tertiary alicyclic amines) is 1. The Morgan fingerprint density at radius 2 is 2.04 bits per heavy atom.